The molecule has 0 atom stereocenters. The van der Waals surface area contributed by atoms with Crippen LogP contribution in [0.5, 0.6) is 0 Å². The molecule has 0 aromatic carbocycles. The van der Waals surface area contributed by atoms with E-state index in [1.54, 1.807) is 11.8 Å². The lowest BCUT2D eigenvalue weighted by Crippen LogP contribution is -2.13. The Morgan fingerprint density at radius 1 is 1.30 bits per heavy atom. The predicted octanol–water partition coefficient (Wildman–Crippen LogP) is 3.75. The van der Waals surface area contributed by atoms with E-state index in [4.69, 9.17) is 0 Å². The van der Waals surface area contributed by atoms with Crippen LogP contribution in [0.25, 0.3) is 27.3 Å². The molecule has 11 heteroatoms. The Hall–Kier alpha value is -2.40. The van der Waals surface area contributed by atoms with Crippen LogP contribution in [0.1, 0.15) is 17.7 Å². The zero-order valence-corrected chi connectivity index (χ0v) is 15.1. The number of thiophene rings is 1. The van der Waals surface area contributed by atoms with Gasteiger partial charge in [0.05, 0.1) is 21.4 Å². The normalized spacial score (nSPS) is 14.8. The molecule has 0 bridgehead atoms. The van der Waals surface area contributed by atoms with Crippen LogP contribution in [0.2, 0.25) is 0 Å². The molecular weight excluding hydrogens is 399 g/mol. The van der Waals surface area contributed by atoms with Crippen molar-refractivity contribution in [2.24, 2.45) is 0 Å². The molecule has 27 heavy (non-hydrogen) atoms. The molecular formula is C16H10F3N5OS2. The number of alkyl halides is 3. The van der Waals surface area contributed by atoms with E-state index in [-0.39, 0.29) is 22.6 Å². The van der Waals surface area contributed by atoms with Crippen LogP contribution in [0.4, 0.5) is 13.2 Å². The SMILES string of the molecule is O=c1[nH]c(-c2cnn3c(C(F)(F)F)ccnc23)nc2sc3c(c12)CCCS3. The molecule has 4 aromatic heterocycles. The monoisotopic (exact) mass is 409 g/mol. The van der Waals surface area contributed by atoms with E-state index in [2.05, 4.69) is 20.1 Å². The zero-order valence-electron chi connectivity index (χ0n) is 13.5. The van der Waals surface area contributed by atoms with Gasteiger partial charge in [-0.25, -0.2) is 14.5 Å². The highest BCUT2D eigenvalue weighted by atomic mass is 32.2. The van der Waals surface area contributed by atoms with E-state index in [1.165, 1.54) is 17.5 Å². The van der Waals surface area contributed by atoms with Crippen molar-refractivity contribution >= 4 is 39.0 Å². The molecule has 0 aliphatic carbocycles. The van der Waals surface area contributed by atoms with Crippen LogP contribution in [-0.4, -0.2) is 30.3 Å². The molecule has 1 N–H and O–H groups in total. The Kier molecular flexibility index (Phi) is 3.60. The van der Waals surface area contributed by atoms with Gasteiger partial charge < -0.3 is 4.98 Å². The summed E-state index contributed by atoms with van der Waals surface area (Å²) >= 11 is 3.15. The van der Waals surface area contributed by atoms with Gasteiger partial charge in [0.2, 0.25) is 0 Å². The molecule has 0 fully saturated rings. The van der Waals surface area contributed by atoms with Crippen molar-refractivity contribution in [3.05, 3.63) is 40.1 Å². The molecule has 0 spiro atoms. The molecule has 4 aromatic rings. The van der Waals surface area contributed by atoms with Gasteiger partial charge in [-0.05, 0) is 30.2 Å². The first kappa shape index (κ1) is 16.8. The molecule has 0 saturated carbocycles. The van der Waals surface area contributed by atoms with Crippen molar-refractivity contribution in [3.63, 3.8) is 0 Å². The van der Waals surface area contributed by atoms with Gasteiger partial charge >= 0.3 is 6.18 Å². The second-order valence-corrected chi connectivity index (χ2v) is 8.40. The molecule has 0 unspecified atom stereocenters. The average molecular weight is 409 g/mol. The van der Waals surface area contributed by atoms with E-state index >= 15 is 0 Å². The fourth-order valence-electron chi connectivity index (χ4n) is 3.20. The minimum atomic E-state index is -4.57. The van der Waals surface area contributed by atoms with E-state index in [1.807, 2.05) is 0 Å². The highest BCUT2D eigenvalue weighted by Crippen LogP contribution is 2.40. The Morgan fingerprint density at radius 3 is 2.96 bits per heavy atom. The lowest BCUT2D eigenvalue weighted by molar-refractivity contribution is -0.142. The standard InChI is InChI=1S/C16H10F3N5OS2/c17-16(18,19)9-3-4-20-12-8(6-21-24(9)12)11-22-13(25)10-7-2-1-5-26-15(7)27-14(10)23-11/h3-4,6H,1-2,5H2,(H,22,23,25). The topological polar surface area (TPSA) is 75.9 Å². The number of fused-ring (bicyclic) bond motifs is 4. The van der Waals surface area contributed by atoms with Crippen molar-refractivity contribution in [2.45, 2.75) is 23.2 Å². The molecule has 5 rings (SSSR count). The van der Waals surface area contributed by atoms with Gasteiger partial charge in [-0.1, -0.05) is 0 Å². The number of nitrogens with one attached hydrogen (secondary N) is 1. The van der Waals surface area contributed by atoms with Crippen LogP contribution in [0, 0.1) is 0 Å². The summed E-state index contributed by atoms with van der Waals surface area (Å²) in [4.78, 5) is 24.4. The van der Waals surface area contributed by atoms with Crippen LogP contribution < -0.4 is 5.56 Å². The molecule has 1 aliphatic heterocycles. The molecule has 138 valence electrons. The van der Waals surface area contributed by atoms with E-state index < -0.39 is 11.9 Å². The van der Waals surface area contributed by atoms with Gasteiger partial charge in [-0.3, -0.25) is 4.79 Å². The maximum Gasteiger partial charge on any atom is 0.433 e. The van der Waals surface area contributed by atoms with Gasteiger partial charge in [0.1, 0.15) is 16.3 Å². The van der Waals surface area contributed by atoms with E-state index in [9.17, 15) is 18.0 Å². The third-order valence-corrected chi connectivity index (χ3v) is 6.90. The van der Waals surface area contributed by atoms with Crippen molar-refractivity contribution in [3.8, 4) is 11.4 Å². The summed E-state index contributed by atoms with van der Waals surface area (Å²) < 4.78 is 41.3. The number of H-pyrrole nitrogens is 1. The Bertz CT molecular complexity index is 1260. The molecule has 6 nitrogen and oxygen atoms in total. The number of hydrogen-bond donors (Lipinski definition) is 1. The number of nitrogens with zero attached hydrogens (tertiary/aromatic N) is 4. The predicted molar refractivity (Wildman–Crippen MR) is 96.3 cm³/mol. The first-order valence-corrected chi connectivity index (χ1v) is 9.82. The number of aryl methyl sites for hydroxylation is 1. The third-order valence-electron chi connectivity index (χ3n) is 4.37. The number of halogens is 3. The van der Waals surface area contributed by atoms with Crippen molar-refractivity contribution in [1.29, 1.82) is 0 Å². The Balaban J connectivity index is 1.74. The Labute approximate surface area is 157 Å². The summed E-state index contributed by atoms with van der Waals surface area (Å²) in [5, 5.41) is 4.38. The van der Waals surface area contributed by atoms with Gasteiger partial charge in [0.25, 0.3) is 5.56 Å². The number of thioether (sulfide) groups is 1. The maximum atomic E-state index is 13.2. The lowest BCUT2D eigenvalue weighted by atomic mass is 10.1. The maximum absolute atomic E-state index is 13.2. The Morgan fingerprint density at radius 2 is 2.15 bits per heavy atom. The van der Waals surface area contributed by atoms with Crippen LogP contribution in [0.3, 0.4) is 0 Å². The minimum absolute atomic E-state index is 0.0111. The molecule has 0 radical (unpaired) electrons. The second kappa shape index (κ2) is 5.80. The van der Waals surface area contributed by atoms with Crippen LogP contribution in [-0.2, 0) is 12.6 Å². The zero-order chi connectivity index (χ0) is 18.8. The summed E-state index contributed by atoms with van der Waals surface area (Å²) in [6.07, 6.45) is -0.424. The minimum Gasteiger partial charge on any atom is -0.306 e. The number of rotatable bonds is 1. The number of hydrogen-bond acceptors (Lipinski definition) is 6. The summed E-state index contributed by atoms with van der Waals surface area (Å²) in [7, 11) is 0. The third kappa shape index (κ3) is 2.56. The quantitative estimate of drug-likeness (QED) is 0.518. The fourth-order valence-corrected chi connectivity index (χ4v) is 5.73. The number of aromatic nitrogens is 5. The molecule has 0 saturated heterocycles. The number of aromatic amines is 1. The average Bonchev–Trinajstić information content (AvgIpc) is 3.21. The fraction of sp³-hybridized carbons (Fsp3) is 0.250. The van der Waals surface area contributed by atoms with Crippen LogP contribution in [0.15, 0.2) is 27.5 Å². The van der Waals surface area contributed by atoms with Gasteiger partial charge in [0, 0.05) is 6.20 Å². The first-order valence-electron chi connectivity index (χ1n) is 8.02. The van der Waals surface area contributed by atoms with Crippen molar-refractivity contribution in [2.75, 3.05) is 5.75 Å². The smallest absolute Gasteiger partial charge is 0.306 e. The lowest BCUT2D eigenvalue weighted by Gasteiger charge is -2.09. The highest BCUT2D eigenvalue weighted by molar-refractivity contribution is 8.01. The summed E-state index contributed by atoms with van der Waals surface area (Å²) in [6.45, 7) is 0. The largest absolute Gasteiger partial charge is 0.433 e. The van der Waals surface area contributed by atoms with Gasteiger partial charge in [-0.2, -0.15) is 18.3 Å². The first-order chi connectivity index (χ1) is 12.9. The summed E-state index contributed by atoms with van der Waals surface area (Å²) in [6, 6.07) is 0.855. The summed E-state index contributed by atoms with van der Waals surface area (Å²) in [5.74, 6) is 1.17. The highest BCUT2D eigenvalue weighted by Gasteiger charge is 2.34. The van der Waals surface area contributed by atoms with Crippen molar-refractivity contribution < 1.29 is 13.2 Å². The van der Waals surface area contributed by atoms with E-state index in [0.717, 1.165) is 45.1 Å². The van der Waals surface area contributed by atoms with E-state index in [0.29, 0.717) is 10.2 Å². The van der Waals surface area contributed by atoms with Gasteiger partial charge in [0.15, 0.2) is 5.65 Å². The summed E-state index contributed by atoms with van der Waals surface area (Å²) in [5.41, 5.74) is 0.0255. The van der Waals surface area contributed by atoms with Crippen LogP contribution >= 0.6 is 23.1 Å². The van der Waals surface area contributed by atoms with Gasteiger partial charge in [-0.15, -0.1) is 23.1 Å². The molecule has 5 heterocycles. The molecule has 1 aliphatic rings. The van der Waals surface area contributed by atoms with Crippen molar-refractivity contribution in [1.82, 2.24) is 24.6 Å². The second-order valence-electron chi connectivity index (χ2n) is 6.04. The molecule has 0 amide bonds.